The maximum absolute atomic E-state index is 10.5. The SMILES string of the molecule is O=C(S)NCc1cc(Cl)ccc1Cl. The average molecular weight is 236 g/mol. The highest BCUT2D eigenvalue weighted by Crippen LogP contribution is 2.20. The number of carbonyl (C=O) groups is 1. The van der Waals surface area contributed by atoms with E-state index in [1.165, 1.54) is 0 Å². The zero-order valence-electron chi connectivity index (χ0n) is 6.55. The molecule has 1 rings (SSSR count). The zero-order chi connectivity index (χ0) is 9.84. The average Bonchev–Trinajstić information content (AvgIpc) is 2.06. The van der Waals surface area contributed by atoms with E-state index >= 15 is 0 Å². The Morgan fingerprint density at radius 2 is 2.15 bits per heavy atom. The minimum atomic E-state index is -0.393. The molecule has 1 aromatic carbocycles. The lowest BCUT2D eigenvalue weighted by molar-refractivity contribution is 0.260. The summed E-state index contributed by atoms with van der Waals surface area (Å²) in [7, 11) is 0. The van der Waals surface area contributed by atoms with Crippen LogP contribution in [0.4, 0.5) is 4.79 Å². The van der Waals surface area contributed by atoms with Crippen molar-refractivity contribution in [2.24, 2.45) is 0 Å². The van der Waals surface area contributed by atoms with E-state index in [2.05, 4.69) is 17.9 Å². The van der Waals surface area contributed by atoms with E-state index in [1.54, 1.807) is 18.2 Å². The number of nitrogens with one attached hydrogen (secondary N) is 1. The van der Waals surface area contributed by atoms with Crippen LogP contribution in [0.25, 0.3) is 0 Å². The molecule has 70 valence electrons. The molecule has 0 fully saturated rings. The Balaban J connectivity index is 2.75. The van der Waals surface area contributed by atoms with E-state index in [1.807, 2.05) is 0 Å². The van der Waals surface area contributed by atoms with Crippen LogP contribution in [0.2, 0.25) is 10.0 Å². The van der Waals surface area contributed by atoms with Gasteiger partial charge in [-0.2, -0.15) is 0 Å². The van der Waals surface area contributed by atoms with Crippen molar-refractivity contribution < 1.29 is 4.79 Å². The molecule has 13 heavy (non-hydrogen) atoms. The molecule has 1 amide bonds. The lowest BCUT2D eigenvalue weighted by Gasteiger charge is -2.04. The minimum Gasteiger partial charge on any atom is -0.343 e. The number of halogens is 2. The summed E-state index contributed by atoms with van der Waals surface area (Å²) in [6.07, 6.45) is 0. The quantitative estimate of drug-likeness (QED) is 0.759. The molecule has 0 aliphatic heterocycles. The second-order valence-electron chi connectivity index (χ2n) is 2.39. The molecule has 0 spiro atoms. The summed E-state index contributed by atoms with van der Waals surface area (Å²) in [5.41, 5.74) is 0.775. The number of hydrogen-bond acceptors (Lipinski definition) is 1. The number of hydrogen-bond donors (Lipinski definition) is 2. The van der Waals surface area contributed by atoms with Gasteiger partial charge in [-0.1, -0.05) is 35.8 Å². The van der Waals surface area contributed by atoms with Crippen molar-refractivity contribution in [2.75, 3.05) is 0 Å². The highest BCUT2D eigenvalue weighted by atomic mass is 35.5. The molecule has 0 bridgehead atoms. The van der Waals surface area contributed by atoms with Crippen molar-refractivity contribution in [3.05, 3.63) is 33.8 Å². The fourth-order valence-corrected chi connectivity index (χ4v) is 1.31. The zero-order valence-corrected chi connectivity index (χ0v) is 8.96. The lowest BCUT2D eigenvalue weighted by Crippen LogP contribution is -2.15. The highest BCUT2D eigenvalue weighted by Gasteiger charge is 2.01. The van der Waals surface area contributed by atoms with Gasteiger partial charge in [-0.25, -0.2) is 0 Å². The van der Waals surface area contributed by atoms with Gasteiger partial charge in [-0.15, -0.1) is 0 Å². The van der Waals surface area contributed by atoms with E-state index in [0.29, 0.717) is 16.6 Å². The number of rotatable bonds is 2. The van der Waals surface area contributed by atoms with Gasteiger partial charge < -0.3 is 5.32 Å². The van der Waals surface area contributed by atoms with Crippen molar-refractivity contribution in [3.8, 4) is 0 Å². The van der Waals surface area contributed by atoms with E-state index in [9.17, 15) is 4.79 Å². The Bertz CT molecular complexity index is 330. The van der Waals surface area contributed by atoms with Crippen molar-refractivity contribution in [1.82, 2.24) is 5.32 Å². The lowest BCUT2D eigenvalue weighted by atomic mass is 10.2. The summed E-state index contributed by atoms with van der Waals surface area (Å²) in [6, 6.07) is 5.08. The molecule has 0 saturated heterocycles. The maximum atomic E-state index is 10.5. The summed E-state index contributed by atoms with van der Waals surface area (Å²) in [5.74, 6) is 0. The van der Waals surface area contributed by atoms with Crippen molar-refractivity contribution in [3.63, 3.8) is 0 Å². The van der Waals surface area contributed by atoms with Gasteiger partial charge in [0.1, 0.15) is 0 Å². The van der Waals surface area contributed by atoms with E-state index in [0.717, 1.165) is 5.56 Å². The third kappa shape index (κ3) is 3.46. The van der Waals surface area contributed by atoms with Crippen LogP contribution < -0.4 is 5.32 Å². The number of amides is 1. The maximum Gasteiger partial charge on any atom is 0.276 e. The van der Waals surface area contributed by atoms with Gasteiger partial charge in [0.05, 0.1) is 0 Å². The summed E-state index contributed by atoms with van der Waals surface area (Å²) < 4.78 is 0. The van der Waals surface area contributed by atoms with Gasteiger partial charge in [-0.05, 0) is 23.8 Å². The molecule has 1 N–H and O–H groups in total. The predicted molar refractivity (Wildman–Crippen MR) is 57.7 cm³/mol. The normalized spacial score (nSPS) is 9.77. The van der Waals surface area contributed by atoms with E-state index < -0.39 is 5.24 Å². The van der Waals surface area contributed by atoms with Crippen LogP contribution in [-0.2, 0) is 6.54 Å². The topological polar surface area (TPSA) is 29.1 Å². The van der Waals surface area contributed by atoms with Crippen LogP contribution in [0.3, 0.4) is 0 Å². The molecule has 0 aromatic heterocycles. The smallest absolute Gasteiger partial charge is 0.276 e. The van der Waals surface area contributed by atoms with Gasteiger partial charge >= 0.3 is 0 Å². The van der Waals surface area contributed by atoms with Crippen molar-refractivity contribution >= 4 is 41.1 Å². The molecule has 0 heterocycles. The molecule has 1 aromatic rings. The highest BCUT2D eigenvalue weighted by molar-refractivity contribution is 7.96. The first-order valence-electron chi connectivity index (χ1n) is 3.50. The Hall–Kier alpha value is -0.380. The molecule has 5 heteroatoms. The largest absolute Gasteiger partial charge is 0.343 e. The van der Waals surface area contributed by atoms with Gasteiger partial charge in [-0.3, -0.25) is 4.79 Å². The Morgan fingerprint density at radius 1 is 1.46 bits per heavy atom. The van der Waals surface area contributed by atoms with E-state index in [-0.39, 0.29) is 0 Å². The third-order valence-corrected chi connectivity index (χ3v) is 2.20. The molecular weight excluding hydrogens is 229 g/mol. The summed E-state index contributed by atoms with van der Waals surface area (Å²) in [5, 5.41) is 3.29. The van der Waals surface area contributed by atoms with Crippen LogP contribution in [-0.4, -0.2) is 5.24 Å². The Kier molecular flexibility index (Phi) is 3.90. The van der Waals surface area contributed by atoms with Crippen molar-refractivity contribution in [1.29, 1.82) is 0 Å². The second-order valence-corrected chi connectivity index (χ2v) is 3.64. The predicted octanol–water partition coefficient (Wildman–Crippen LogP) is 3.13. The van der Waals surface area contributed by atoms with Crippen LogP contribution in [0.15, 0.2) is 18.2 Å². The molecule has 0 aliphatic rings. The standard InChI is InChI=1S/C8H7Cl2NOS/c9-6-1-2-7(10)5(3-6)4-11-8(12)13/h1-3H,4H2,(H2,11,12,13). The fourth-order valence-electron chi connectivity index (χ4n) is 0.850. The van der Waals surface area contributed by atoms with Crippen LogP contribution in [0.5, 0.6) is 0 Å². The Labute approximate surface area is 91.6 Å². The Morgan fingerprint density at radius 3 is 2.77 bits per heavy atom. The molecule has 0 aliphatic carbocycles. The van der Waals surface area contributed by atoms with Crippen LogP contribution >= 0.6 is 35.8 Å². The second kappa shape index (κ2) is 4.74. The van der Waals surface area contributed by atoms with Gasteiger partial charge in [0.2, 0.25) is 0 Å². The summed E-state index contributed by atoms with van der Waals surface area (Å²) >= 11 is 15.1. The first-order valence-corrected chi connectivity index (χ1v) is 4.70. The number of carbonyl (C=O) groups excluding carboxylic acids is 1. The third-order valence-electron chi connectivity index (χ3n) is 1.44. The summed E-state index contributed by atoms with van der Waals surface area (Å²) in [4.78, 5) is 10.5. The first-order chi connectivity index (χ1) is 6.09. The molecule has 0 atom stereocenters. The van der Waals surface area contributed by atoms with Crippen LogP contribution in [0, 0.1) is 0 Å². The summed E-state index contributed by atoms with van der Waals surface area (Å²) in [6.45, 7) is 0.335. The fraction of sp³-hybridized carbons (Fsp3) is 0.125. The molecular formula is C8H7Cl2NOS. The molecule has 0 radical (unpaired) electrons. The molecule has 0 unspecified atom stereocenters. The number of thiol groups is 1. The monoisotopic (exact) mass is 235 g/mol. The minimum absolute atomic E-state index is 0.335. The molecule has 0 saturated carbocycles. The molecule has 2 nitrogen and oxygen atoms in total. The van der Waals surface area contributed by atoms with Gasteiger partial charge in [0.15, 0.2) is 0 Å². The number of benzene rings is 1. The first kappa shape index (κ1) is 10.7. The van der Waals surface area contributed by atoms with Gasteiger partial charge in [0, 0.05) is 16.6 Å². The van der Waals surface area contributed by atoms with Gasteiger partial charge in [0.25, 0.3) is 5.24 Å². The van der Waals surface area contributed by atoms with E-state index in [4.69, 9.17) is 23.2 Å². The van der Waals surface area contributed by atoms with Crippen molar-refractivity contribution in [2.45, 2.75) is 6.54 Å². The van der Waals surface area contributed by atoms with Crippen LogP contribution in [0.1, 0.15) is 5.56 Å².